The molecule has 5 aromatic rings. The van der Waals surface area contributed by atoms with Gasteiger partial charge in [0.25, 0.3) is 0 Å². The van der Waals surface area contributed by atoms with Crippen LogP contribution in [0.5, 0.6) is 17.2 Å². The zero-order valence-electron chi connectivity index (χ0n) is 31.6. The standard InChI is InChI=1S/C21H20O5.C20H25BO6/c1-14-16(12-20(26-14)21(22)24-3)13-25-17-10-8-15(9-11-17)18-6-4-5-7-19(18)23-2;1-13-14(11-17(25-13)18(22)23-6)12-24-16-9-7-15(8-10-16)21-26-19(2,3)20(4,5)27-21/h4-12H,13H2,1-3H3;7-11H,12H2,1-6H3. The molecule has 53 heavy (non-hydrogen) atoms. The van der Waals surface area contributed by atoms with E-state index >= 15 is 0 Å². The summed E-state index contributed by atoms with van der Waals surface area (Å²) in [6.07, 6.45) is 0. The van der Waals surface area contributed by atoms with Gasteiger partial charge in [-0.05, 0) is 95.0 Å². The van der Waals surface area contributed by atoms with Gasteiger partial charge in [-0.1, -0.05) is 42.5 Å². The molecule has 3 heterocycles. The number of benzene rings is 3. The molecule has 2 aromatic heterocycles. The van der Waals surface area contributed by atoms with Crippen molar-refractivity contribution < 1.29 is 51.4 Å². The number of para-hydroxylation sites is 1. The molecule has 0 bridgehead atoms. The maximum Gasteiger partial charge on any atom is 0.494 e. The summed E-state index contributed by atoms with van der Waals surface area (Å²) in [5.74, 6) is 2.86. The number of rotatable bonds is 11. The monoisotopic (exact) mass is 724 g/mol. The molecule has 0 aliphatic carbocycles. The lowest BCUT2D eigenvalue weighted by Crippen LogP contribution is -2.41. The number of esters is 2. The minimum absolute atomic E-state index is 0.171. The van der Waals surface area contributed by atoms with Crippen LogP contribution in [-0.4, -0.2) is 51.6 Å². The number of methoxy groups -OCH3 is 3. The number of furan rings is 2. The largest absolute Gasteiger partial charge is 0.496 e. The van der Waals surface area contributed by atoms with E-state index in [2.05, 4.69) is 9.47 Å². The Morgan fingerprint density at radius 1 is 0.642 bits per heavy atom. The van der Waals surface area contributed by atoms with Crippen molar-refractivity contribution >= 4 is 24.5 Å². The van der Waals surface area contributed by atoms with Crippen molar-refractivity contribution in [3.05, 3.63) is 119 Å². The van der Waals surface area contributed by atoms with Gasteiger partial charge in [0.1, 0.15) is 42.0 Å². The summed E-state index contributed by atoms with van der Waals surface area (Å²) >= 11 is 0. The predicted octanol–water partition coefficient (Wildman–Crippen LogP) is 7.88. The molecule has 0 spiro atoms. The van der Waals surface area contributed by atoms with Gasteiger partial charge in [0.2, 0.25) is 11.5 Å². The Morgan fingerprint density at radius 3 is 1.55 bits per heavy atom. The van der Waals surface area contributed by atoms with E-state index in [0.29, 0.717) is 30.5 Å². The van der Waals surface area contributed by atoms with E-state index in [9.17, 15) is 9.59 Å². The Labute approximate surface area is 310 Å². The minimum Gasteiger partial charge on any atom is -0.496 e. The summed E-state index contributed by atoms with van der Waals surface area (Å²) in [4.78, 5) is 23.0. The second-order valence-corrected chi connectivity index (χ2v) is 13.3. The van der Waals surface area contributed by atoms with Gasteiger partial charge in [0.15, 0.2) is 0 Å². The van der Waals surface area contributed by atoms with Crippen LogP contribution in [0, 0.1) is 13.8 Å². The summed E-state index contributed by atoms with van der Waals surface area (Å²) in [6, 6.07) is 26.5. The minimum atomic E-state index is -0.504. The molecule has 11 nitrogen and oxygen atoms in total. The first kappa shape index (κ1) is 38.8. The molecule has 0 amide bonds. The van der Waals surface area contributed by atoms with Gasteiger partial charge in [-0.3, -0.25) is 0 Å². The van der Waals surface area contributed by atoms with Crippen molar-refractivity contribution in [2.24, 2.45) is 0 Å². The second-order valence-electron chi connectivity index (χ2n) is 13.3. The normalized spacial score (nSPS) is 14.2. The molecule has 3 aromatic carbocycles. The fourth-order valence-corrected chi connectivity index (χ4v) is 5.36. The third kappa shape index (κ3) is 9.14. The third-order valence-electron chi connectivity index (χ3n) is 9.28. The highest BCUT2D eigenvalue weighted by Crippen LogP contribution is 2.36. The summed E-state index contributed by atoms with van der Waals surface area (Å²) in [5.41, 5.74) is 3.86. The number of ether oxygens (including phenoxy) is 5. The van der Waals surface area contributed by atoms with Crippen LogP contribution >= 0.6 is 0 Å². The highest BCUT2D eigenvalue weighted by atomic mass is 16.7. The SMILES string of the molecule is COC(=O)c1cc(COc2ccc(-c3ccccc3OC)cc2)c(C)o1.COC(=O)c1cc(COc2ccc(B3OC(C)(C)C(C)(C)O3)cc2)c(C)o1. The fraction of sp³-hybridized carbons (Fsp3) is 0.317. The molecule has 1 fully saturated rings. The predicted molar refractivity (Wildman–Crippen MR) is 199 cm³/mol. The van der Waals surface area contributed by atoms with E-state index in [1.54, 1.807) is 33.1 Å². The lowest BCUT2D eigenvalue weighted by atomic mass is 9.79. The first-order valence-corrected chi connectivity index (χ1v) is 17.0. The van der Waals surface area contributed by atoms with Crippen LogP contribution in [0.2, 0.25) is 0 Å². The number of carbonyl (C=O) groups excluding carboxylic acids is 2. The smallest absolute Gasteiger partial charge is 0.494 e. The molecule has 1 aliphatic heterocycles. The molecule has 278 valence electrons. The van der Waals surface area contributed by atoms with Gasteiger partial charge in [-0.15, -0.1) is 0 Å². The molecule has 1 aliphatic rings. The van der Waals surface area contributed by atoms with E-state index < -0.39 is 19.1 Å². The zero-order chi connectivity index (χ0) is 38.3. The Bertz CT molecular complexity index is 1990. The number of hydrogen-bond donors (Lipinski definition) is 0. The molecule has 1 saturated heterocycles. The summed E-state index contributed by atoms with van der Waals surface area (Å²) in [5, 5.41) is 0. The maximum absolute atomic E-state index is 11.5. The Balaban J connectivity index is 0.000000204. The lowest BCUT2D eigenvalue weighted by molar-refractivity contribution is 0.00578. The molecule has 6 rings (SSSR count). The second kappa shape index (κ2) is 16.5. The van der Waals surface area contributed by atoms with Gasteiger partial charge in [-0.2, -0.15) is 0 Å². The molecule has 0 radical (unpaired) electrons. The highest BCUT2D eigenvalue weighted by Gasteiger charge is 2.51. The quantitative estimate of drug-likeness (QED) is 0.0976. The first-order chi connectivity index (χ1) is 25.2. The summed E-state index contributed by atoms with van der Waals surface area (Å²) < 4.78 is 49.2. The van der Waals surface area contributed by atoms with Crippen LogP contribution in [-0.2, 0) is 32.0 Å². The molecular formula is C41H45BO11. The molecule has 0 saturated carbocycles. The van der Waals surface area contributed by atoms with Gasteiger partial charge in [-0.25, -0.2) is 9.59 Å². The van der Waals surface area contributed by atoms with Crippen LogP contribution in [0.25, 0.3) is 11.1 Å². The van der Waals surface area contributed by atoms with E-state index in [4.69, 9.17) is 32.4 Å². The van der Waals surface area contributed by atoms with Crippen molar-refractivity contribution in [2.75, 3.05) is 21.3 Å². The maximum atomic E-state index is 11.5. The Kier molecular flexibility index (Phi) is 12.1. The van der Waals surface area contributed by atoms with Crippen LogP contribution in [0.15, 0.2) is 93.8 Å². The number of carbonyl (C=O) groups is 2. The Hall–Kier alpha value is -5.46. The lowest BCUT2D eigenvalue weighted by Gasteiger charge is -2.32. The van der Waals surface area contributed by atoms with E-state index in [0.717, 1.165) is 39.2 Å². The van der Waals surface area contributed by atoms with Gasteiger partial charge < -0.3 is 41.8 Å². The first-order valence-electron chi connectivity index (χ1n) is 17.0. The van der Waals surface area contributed by atoms with Crippen LogP contribution < -0.4 is 19.7 Å². The van der Waals surface area contributed by atoms with Crippen molar-refractivity contribution in [3.63, 3.8) is 0 Å². The molecule has 0 atom stereocenters. The molecule has 12 heteroatoms. The van der Waals surface area contributed by atoms with E-state index in [1.807, 2.05) is 100 Å². The van der Waals surface area contributed by atoms with E-state index in [1.165, 1.54) is 14.2 Å². The summed E-state index contributed by atoms with van der Waals surface area (Å²) in [6.45, 7) is 12.3. The van der Waals surface area contributed by atoms with Crippen LogP contribution in [0.4, 0.5) is 0 Å². The van der Waals surface area contributed by atoms with Crippen molar-refractivity contribution in [3.8, 4) is 28.4 Å². The highest BCUT2D eigenvalue weighted by molar-refractivity contribution is 6.62. The Morgan fingerprint density at radius 2 is 1.09 bits per heavy atom. The third-order valence-corrected chi connectivity index (χ3v) is 9.28. The van der Waals surface area contributed by atoms with Crippen LogP contribution in [0.1, 0.15) is 71.5 Å². The van der Waals surface area contributed by atoms with Crippen LogP contribution in [0.3, 0.4) is 0 Å². The molecule has 0 unspecified atom stereocenters. The van der Waals surface area contributed by atoms with Crippen molar-refractivity contribution in [1.82, 2.24) is 0 Å². The molecule has 0 N–H and O–H groups in total. The number of hydrogen-bond acceptors (Lipinski definition) is 11. The summed E-state index contributed by atoms with van der Waals surface area (Å²) in [7, 11) is 3.90. The average molecular weight is 725 g/mol. The molecular weight excluding hydrogens is 679 g/mol. The fourth-order valence-electron chi connectivity index (χ4n) is 5.36. The zero-order valence-corrected chi connectivity index (χ0v) is 31.6. The number of aryl methyl sites for hydroxylation is 2. The topological polar surface area (TPSA) is 125 Å². The average Bonchev–Trinajstić information content (AvgIpc) is 3.80. The van der Waals surface area contributed by atoms with Gasteiger partial charge >= 0.3 is 19.1 Å². The van der Waals surface area contributed by atoms with Gasteiger partial charge in [0.05, 0.1) is 32.5 Å². The van der Waals surface area contributed by atoms with Crippen molar-refractivity contribution in [2.45, 2.75) is 66.0 Å². The van der Waals surface area contributed by atoms with Gasteiger partial charge in [0, 0.05) is 16.7 Å². The van der Waals surface area contributed by atoms with Crippen molar-refractivity contribution in [1.29, 1.82) is 0 Å². The van der Waals surface area contributed by atoms with E-state index in [-0.39, 0.29) is 22.7 Å².